The van der Waals surface area contributed by atoms with Crippen LogP contribution in [0, 0.1) is 5.41 Å². The van der Waals surface area contributed by atoms with E-state index >= 15 is 0 Å². The quantitative estimate of drug-likeness (QED) is 0.769. The van der Waals surface area contributed by atoms with Gasteiger partial charge in [-0.2, -0.15) is 0 Å². The molecule has 0 aromatic rings. The van der Waals surface area contributed by atoms with Crippen molar-refractivity contribution >= 4 is 12.1 Å². The average molecular weight is 259 g/mol. The van der Waals surface area contributed by atoms with E-state index in [1.807, 2.05) is 13.8 Å². The molecular formula is C13H25NO4. The molecule has 0 bridgehead atoms. The average Bonchev–Trinajstić information content (AvgIpc) is 2.21. The number of carbonyl (C=O) groups is 2. The largest absolute Gasteiger partial charge is 0.481 e. The predicted molar refractivity (Wildman–Crippen MR) is 69.5 cm³/mol. The lowest BCUT2D eigenvalue weighted by Crippen LogP contribution is -2.41. The van der Waals surface area contributed by atoms with Crippen molar-refractivity contribution < 1.29 is 19.4 Å². The summed E-state index contributed by atoms with van der Waals surface area (Å²) in [6, 6.07) is 0. The van der Waals surface area contributed by atoms with E-state index in [1.54, 1.807) is 20.8 Å². The Balaban J connectivity index is 4.44. The van der Waals surface area contributed by atoms with Crippen molar-refractivity contribution in [2.45, 2.75) is 59.5 Å². The first-order valence-corrected chi connectivity index (χ1v) is 6.33. The van der Waals surface area contributed by atoms with Crippen LogP contribution in [-0.4, -0.2) is 29.3 Å². The molecule has 106 valence electrons. The molecule has 5 heteroatoms. The van der Waals surface area contributed by atoms with Gasteiger partial charge in [0.2, 0.25) is 0 Å². The van der Waals surface area contributed by atoms with Crippen LogP contribution in [0.2, 0.25) is 0 Å². The highest BCUT2D eigenvalue weighted by Crippen LogP contribution is 2.29. The zero-order chi connectivity index (χ0) is 14.4. The molecule has 2 N–H and O–H groups in total. The van der Waals surface area contributed by atoms with Crippen molar-refractivity contribution in [2.24, 2.45) is 5.41 Å². The first kappa shape index (κ1) is 16.7. The van der Waals surface area contributed by atoms with Crippen LogP contribution in [0.3, 0.4) is 0 Å². The highest BCUT2D eigenvalue weighted by Gasteiger charge is 2.30. The number of ether oxygens (including phenoxy) is 1. The summed E-state index contributed by atoms with van der Waals surface area (Å²) in [5.74, 6) is -0.843. The third kappa shape index (κ3) is 6.47. The van der Waals surface area contributed by atoms with Crippen molar-refractivity contribution in [1.82, 2.24) is 5.32 Å². The molecule has 0 rings (SSSR count). The van der Waals surface area contributed by atoms with Gasteiger partial charge in [-0.15, -0.1) is 0 Å². The van der Waals surface area contributed by atoms with Gasteiger partial charge < -0.3 is 15.2 Å². The lowest BCUT2D eigenvalue weighted by atomic mass is 9.79. The Morgan fingerprint density at radius 1 is 1.17 bits per heavy atom. The Hall–Kier alpha value is -1.26. The maximum atomic E-state index is 11.5. The molecule has 0 saturated heterocycles. The van der Waals surface area contributed by atoms with Gasteiger partial charge in [0.25, 0.3) is 0 Å². The fourth-order valence-electron chi connectivity index (χ4n) is 1.71. The van der Waals surface area contributed by atoms with Gasteiger partial charge >= 0.3 is 12.1 Å². The number of hydrogen-bond donors (Lipinski definition) is 2. The minimum absolute atomic E-state index is 0.0514. The highest BCUT2D eigenvalue weighted by atomic mass is 16.6. The van der Waals surface area contributed by atoms with Gasteiger partial charge in [-0.05, 0) is 39.0 Å². The van der Waals surface area contributed by atoms with Crippen LogP contribution in [0.1, 0.15) is 53.9 Å². The van der Waals surface area contributed by atoms with Crippen molar-refractivity contribution in [3.8, 4) is 0 Å². The molecule has 0 aromatic heterocycles. The van der Waals surface area contributed by atoms with E-state index < -0.39 is 23.1 Å². The van der Waals surface area contributed by atoms with Crippen molar-refractivity contribution in [1.29, 1.82) is 0 Å². The minimum Gasteiger partial charge on any atom is -0.481 e. The van der Waals surface area contributed by atoms with Crippen molar-refractivity contribution in [3.05, 3.63) is 0 Å². The monoisotopic (exact) mass is 259 g/mol. The highest BCUT2D eigenvalue weighted by molar-refractivity contribution is 5.69. The van der Waals surface area contributed by atoms with E-state index in [0.717, 1.165) is 0 Å². The van der Waals surface area contributed by atoms with E-state index in [4.69, 9.17) is 9.84 Å². The summed E-state index contributed by atoms with van der Waals surface area (Å²) in [4.78, 5) is 22.4. The van der Waals surface area contributed by atoms with E-state index in [2.05, 4.69) is 5.32 Å². The van der Waals surface area contributed by atoms with E-state index in [1.165, 1.54) is 0 Å². The van der Waals surface area contributed by atoms with E-state index in [-0.39, 0.29) is 6.42 Å². The zero-order valence-corrected chi connectivity index (χ0v) is 12.0. The Kier molecular flexibility index (Phi) is 6.15. The molecular weight excluding hydrogens is 234 g/mol. The smallest absolute Gasteiger partial charge is 0.407 e. The SMILES string of the molecule is CCC(CC)(CNC(=O)OC(C)(C)C)CC(=O)O. The first-order valence-electron chi connectivity index (χ1n) is 6.33. The maximum absolute atomic E-state index is 11.5. The molecule has 0 unspecified atom stereocenters. The molecule has 5 nitrogen and oxygen atoms in total. The zero-order valence-electron chi connectivity index (χ0n) is 12.0. The van der Waals surface area contributed by atoms with Gasteiger partial charge in [-0.25, -0.2) is 4.79 Å². The summed E-state index contributed by atoms with van der Waals surface area (Å²) in [7, 11) is 0. The van der Waals surface area contributed by atoms with Gasteiger partial charge in [0, 0.05) is 6.54 Å². The number of rotatable bonds is 6. The standard InChI is InChI=1S/C13H25NO4/c1-6-13(7-2,8-10(15)16)9-14-11(17)18-12(3,4)5/h6-9H2,1-5H3,(H,14,17)(H,15,16). The number of alkyl carbamates (subject to hydrolysis) is 1. The van der Waals surface area contributed by atoms with Crippen LogP contribution in [-0.2, 0) is 9.53 Å². The summed E-state index contributed by atoms with van der Waals surface area (Å²) < 4.78 is 5.13. The summed E-state index contributed by atoms with van der Waals surface area (Å²) in [5.41, 5.74) is -0.944. The topological polar surface area (TPSA) is 75.6 Å². The molecule has 18 heavy (non-hydrogen) atoms. The second kappa shape index (κ2) is 6.61. The third-order valence-corrected chi connectivity index (χ3v) is 3.03. The molecule has 0 fully saturated rings. The molecule has 0 spiro atoms. The summed E-state index contributed by atoms with van der Waals surface area (Å²) >= 11 is 0. The predicted octanol–water partition coefficient (Wildman–Crippen LogP) is 2.79. The number of amides is 1. The molecule has 0 saturated carbocycles. The van der Waals surface area contributed by atoms with Crippen LogP contribution < -0.4 is 5.32 Å². The Labute approximate surface area is 109 Å². The molecule has 0 aliphatic rings. The van der Waals surface area contributed by atoms with Crippen LogP contribution in [0.5, 0.6) is 0 Å². The molecule has 0 aliphatic heterocycles. The number of carboxylic acids is 1. The number of hydrogen-bond acceptors (Lipinski definition) is 3. The maximum Gasteiger partial charge on any atom is 0.407 e. The summed E-state index contributed by atoms with van der Waals surface area (Å²) in [5, 5.41) is 11.6. The number of aliphatic carboxylic acids is 1. The summed E-state index contributed by atoms with van der Waals surface area (Å²) in [6.45, 7) is 9.55. The van der Waals surface area contributed by atoms with Crippen molar-refractivity contribution in [2.75, 3.05) is 6.54 Å². The number of carbonyl (C=O) groups excluding carboxylic acids is 1. The Morgan fingerprint density at radius 3 is 2.00 bits per heavy atom. The van der Waals surface area contributed by atoms with Gasteiger partial charge in [-0.3, -0.25) is 4.79 Å². The Morgan fingerprint density at radius 2 is 1.67 bits per heavy atom. The Bertz CT molecular complexity index is 290. The fourth-order valence-corrected chi connectivity index (χ4v) is 1.71. The second-order valence-corrected chi connectivity index (χ2v) is 5.63. The molecule has 0 heterocycles. The summed E-state index contributed by atoms with van der Waals surface area (Å²) in [6.07, 6.45) is 0.951. The van der Waals surface area contributed by atoms with E-state index in [0.29, 0.717) is 19.4 Å². The molecule has 0 aliphatic carbocycles. The second-order valence-electron chi connectivity index (χ2n) is 5.63. The van der Waals surface area contributed by atoms with E-state index in [9.17, 15) is 9.59 Å². The number of carboxylic acid groups (broad SMARTS) is 1. The lowest BCUT2D eigenvalue weighted by molar-refractivity contribution is -0.139. The van der Waals surface area contributed by atoms with Gasteiger partial charge in [-0.1, -0.05) is 13.8 Å². The van der Waals surface area contributed by atoms with Gasteiger partial charge in [0.15, 0.2) is 0 Å². The van der Waals surface area contributed by atoms with Crippen LogP contribution in [0.15, 0.2) is 0 Å². The first-order chi connectivity index (χ1) is 8.14. The number of nitrogens with one attached hydrogen (secondary N) is 1. The normalized spacial score (nSPS) is 12.1. The van der Waals surface area contributed by atoms with Gasteiger partial charge in [0.05, 0.1) is 6.42 Å². The molecule has 1 amide bonds. The molecule has 0 aromatic carbocycles. The van der Waals surface area contributed by atoms with Crippen LogP contribution >= 0.6 is 0 Å². The van der Waals surface area contributed by atoms with Gasteiger partial charge in [0.1, 0.15) is 5.60 Å². The van der Waals surface area contributed by atoms with Crippen LogP contribution in [0.25, 0.3) is 0 Å². The lowest BCUT2D eigenvalue weighted by Gasteiger charge is -2.30. The minimum atomic E-state index is -0.843. The van der Waals surface area contributed by atoms with Crippen molar-refractivity contribution in [3.63, 3.8) is 0 Å². The molecule has 0 atom stereocenters. The molecule has 0 radical (unpaired) electrons. The van der Waals surface area contributed by atoms with Crippen LogP contribution in [0.4, 0.5) is 4.79 Å². The fraction of sp³-hybridized carbons (Fsp3) is 0.846. The third-order valence-electron chi connectivity index (χ3n) is 3.03.